The van der Waals surface area contributed by atoms with Crippen molar-refractivity contribution in [2.75, 3.05) is 6.54 Å². The molecule has 1 aromatic carbocycles. The summed E-state index contributed by atoms with van der Waals surface area (Å²) in [4.78, 5) is 26.5. The maximum Gasteiger partial charge on any atom is 0.272 e. The van der Waals surface area contributed by atoms with Gasteiger partial charge in [-0.2, -0.15) is 5.43 Å². The van der Waals surface area contributed by atoms with Crippen LogP contribution in [0.2, 0.25) is 0 Å². The number of hydrogen-bond donors (Lipinski definition) is 2. The number of likely N-dealkylation sites (tertiary alicyclic amines) is 1. The fourth-order valence-corrected chi connectivity index (χ4v) is 3.55. The Hall–Kier alpha value is -1.92. The summed E-state index contributed by atoms with van der Waals surface area (Å²) >= 11 is 0. The zero-order valence-corrected chi connectivity index (χ0v) is 13.9. The van der Waals surface area contributed by atoms with E-state index in [1.165, 1.54) is 11.9 Å². The number of aliphatic hydroxyl groups is 1. The van der Waals surface area contributed by atoms with E-state index in [1.54, 1.807) is 4.90 Å². The van der Waals surface area contributed by atoms with Crippen molar-refractivity contribution in [1.82, 2.24) is 15.3 Å². The SMILES string of the molecule is CC(=O)N1N[C@]2(O)C(=O)N(C(C)(C)C)C[C@H]2[C@H]1c1ccccc1. The van der Waals surface area contributed by atoms with E-state index in [1.807, 2.05) is 51.1 Å². The van der Waals surface area contributed by atoms with Gasteiger partial charge >= 0.3 is 0 Å². The second kappa shape index (κ2) is 5.04. The number of amides is 2. The van der Waals surface area contributed by atoms with Gasteiger partial charge in [-0.25, -0.2) is 0 Å². The van der Waals surface area contributed by atoms with E-state index in [0.29, 0.717) is 6.54 Å². The number of carbonyl (C=O) groups is 2. The molecule has 2 N–H and O–H groups in total. The van der Waals surface area contributed by atoms with Crippen LogP contribution in [0.1, 0.15) is 39.3 Å². The molecule has 23 heavy (non-hydrogen) atoms. The Morgan fingerprint density at radius 1 is 1.30 bits per heavy atom. The maximum atomic E-state index is 12.8. The van der Waals surface area contributed by atoms with Crippen LogP contribution < -0.4 is 5.43 Å². The van der Waals surface area contributed by atoms with E-state index >= 15 is 0 Å². The molecule has 3 rings (SSSR count). The summed E-state index contributed by atoms with van der Waals surface area (Å²) in [5, 5.41) is 12.4. The summed E-state index contributed by atoms with van der Waals surface area (Å²) < 4.78 is 0. The summed E-state index contributed by atoms with van der Waals surface area (Å²) in [6.45, 7) is 7.65. The molecule has 6 heteroatoms. The van der Waals surface area contributed by atoms with Gasteiger partial charge in [-0.15, -0.1) is 0 Å². The van der Waals surface area contributed by atoms with Gasteiger partial charge in [-0.1, -0.05) is 30.3 Å². The van der Waals surface area contributed by atoms with Crippen LogP contribution in [0.3, 0.4) is 0 Å². The summed E-state index contributed by atoms with van der Waals surface area (Å²) in [7, 11) is 0. The van der Waals surface area contributed by atoms with Gasteiger partial charge in [-0.3, -0.25) is 14.6 Å². The van der Waals surface area contributed by atoms with Crippen molar-refractivity contribution < 1.29 is 14.7 Å². The largest absolute Gasteiger partial charge is 0.366 e. The minimum atomic E-state index is -1.74. The van der Waals surface area contributed by atoms with Gasteiger partial charge in [0.25, 0.3) is 5.91 Å². The molecule has 1 aromatic rings. The lowest BCUT2D eigenvalue weighted by molar-refractivity contribution is -0.154. The highest BCUT2D eigenvalue weighted by molar-refractivity contribution is 5.89. The number of fused-ring (bicyclic) bond motifs is 1. The molecule has 0 radical (unpaired) electrons. The van der Waals surface area contributed by atoms with Gasteiger partial charge in [0, 0.05) is 19.0 Å². The fraction of sp³-hybridized carbons (Fsp3) is 0.529. The lowest BCUT2D eigenvalue weighted by Gasteiger charge is -2.35. The van der Waals surface area contributed by atoms with E-state index in [4.69, 9.17) is 0 Å². The number of carbonyl (C=O) groups excluding carboxylic acids is 2. The van der Waals surface area contributed by atoms with E-state index in [9.17, 15) is 14.7 Å². The normalized spacial score (nSPS) is 30.7. The molecule has 0 spiro atoms. The van der Waals surface area contributed by atoms with Crippen molar-refractivity contribution in [1.29, 1.82) is 0 Å². The average molecular weight is 317 g/mol. The van der Waals surface area contributed by atoms with Gasteiger partial charge < -0.3 is 10.0 Å². The van der Waals surface area contributed by atoms with Crippen molar-refractivity contribution in [3.63, 3.8) is 0 Å². The number of hydrogen-bond acceptors (Lipinski definition) is 4. The second-order valence-corrected chi connectivity index (χ2v) is 7.32. The molecule has 0 aromatic heterocycles. The van der Waals surface area contributed by atoms with Crippen LogP contribution in [0.4, 0.5) is 0 Å². The van der Waals surface area contributed by atoms with Gasteiger partial charge in [0.15, 0.2) is 0 Å². The van der Waals surface area contributed by atoms with Crippen LogP contribution >= 0.6 is 0 Å². The highest BCUT2D eigenvalue weighted by Gasteiger charge is 2.64. The van der Waals surface area contributed by atoms with E-state index in [0.717, 1.165) is 5.56 Å². The van der Waals surface area contributed by atoms with Gasteiger partial charge in [0.05, 0.1) is 12.0 Å². The summed E-state index contributed by atoms with van der Waals surface area (Å²) in [6.07, 6.45) is 0. The molecule has 2 aliphatic heterocycles. The Labute approximate surface area is 136 Å². The van der Waals surface area contributed by atoms with Crippen LogP contribution in [-0.2, 0) is 9.59 Å². The second-order valence-electron chi connectivity index (χ2n) is 7.32. The Morgan fingerprint density at radius 3 is 2.43 bits per heavy atom. The molecular formula is C17H23N3O3. The summed E-state index contributed by atoms with van der Waals surface area (Å²) in [5.74, 6) is -1.02. The Morgan fingerprint density at radius 2 is 1.91 bits per heavy atom. The first-order valence-electron chi connectivity index (χ1n) is 7.83. The fourth-order valence-electron chi connectivity index (χ4n) is 3.55. The first kappa shape index (κ1) is 16.0. The molecular weight excluding hydrogens is 294 g/mol. The van der Waals surface area contributed by atoms with E-state index in [2.05, 4.69) is 5.43 Å². The van der Waals surface area contributed by atoms with E-state index < -0.39 is 11.6 Å². The third kappa shape index (κ3) is 2.33. The maximum absolute atomic E-state index is 12.8. The Balaban J connectivity index is 2.05. The molecule has 2 heterocycles. The summed E-state index contributed by atoms with van der Waals surface area (Å²) in [5.41, 5.74) is 1.56. The number of hydrazine groups is 1. The standard InChI is InChI=1S/C17H23N3O3/c1-11(21)20-14(12-8-6-5-7-9-12)13-10-19(16(2,3)4)15(22)17(13,23)18-20/h5-9,13-14,18,23H,10H2,1-4H3/t13-,14+,17+/m0/s1. The number of rotatable bonds is 1. The van der Waals surface area contributed by atoms with Crippen molar-refractivity contribution in [3.05, 3.63) is 35.9 Å². The Bertz CT molecular complexity index is 640. The number of nitrogens with zero attached hydrogens (tertiary/aromatic N) is 2. The molecule has 2 amide bonds. The monoisotopic (exact) mass is 317 g/mol. The number of nitrogens with one attached hydrogen (secondary N) is 1. The predicted molar refractivity (Wildman–Crippen MR) is 84.7 cm³/mol. The van der Waals surface area contributed by atoms with Crippen molar-refractivity contribution in [3.8, 4) is 0 Å². The van der Waals surface area contributed by atoms with Crippen molar-refractivity contribution in [2.45, 2.75) is 45.0 Å². The Kier molecular flexibility index (Phi) is 3.50. The van der Waals surface area contributed by atoms with Crippen molar-refractivity contribution in [2.24, 2.45) is 5.92 Å². The van der Waals surface area contributed by atoms with Crippen LogP contribution in [0.5, 0.6) is 0 Å². The van der Waals surface area contributed by atoms with Crippen molar-refractivity contribution >= 4 is 11.8 Å². The summed E-state index contributed by atoms with van der Waals surface area (Å²) in [6, 6.07) is 9.13. The zero-order valence-electron chi connectivity index (χ0n) is 13.9. The zero-order chi connectivity index (χ0) is 17.0. The van der Waals surface area contributed by atoms with Gasteiger partial charge in [0.1, 0.15) is 0 Å². The molecule has 2 aliphatic rings. The van der Waals surface area contributed by atoms with Crippen LogP contribution in [0.25, 0.3) is 0 Å². The highest BCUT2D eigenvalue weighted by Crippen LogP contribution is 2.46. The first-order chi connectivity index (χ1) is 10.7. The predicted octanol–water partition coefficient (Wildman–Crippen LogP) is 1.04. The lowest BCUT2D eigenvalue weighted by Crippen LogP contribution is -2.57. The third-order valence-electron chi connectivity index (χ3n) is 4.73. The molecule has 0 saturated carbocycles. The van der Waals surface area contributed by atoms with Crippen LogP contribution in [-0.4, -0.2) is 44.6 Å². The molecule has 2 saturated heterocycles. The topological polar surface area (TPSA) is 72.9 Å². The van der Waals surface area contributed by atoms with E-state index in [-0.39, 0.29) is 23.4 Å². The minimum Gasteiger partial charge on any atom is -0.366 e. The quantitative estimate of drug-likeness (QED) is 0.812. The smallest absolute Gasteiger partial charge is 0.272 e. The average Bonchev–Trinajstić information content (AvgIpc) is 2.90. The lowest BCUT2D eigenvalue weighted by atomic mass is 9.89. The molecule has 6 nitrogen and oxygen atoms in total. The van der Waals surface area contributed by atoms with Gasteiger partial charge in [0.2, 0.25) is 11.6 Å². The first-order valence-corrected chi connectivity index (χ1v) is 7.83. The molecule has 124 valence electrons. The molecule has 2 fully saturated rings. The minimum absolute atomic E-state index is 0.225. The third-order valence-corrected chi connectivity index (χ3v) is 4.73. The molecule has 0 bridgehead atoms. The molecule has 3 atom stereocenters. The van der Waals surface area contributed by atoms with Gasteiger partial charge in [-0.05, 0) is 26.3 Å². The highest BCUT2D eigenvalue weighted by atomic mass is 16.3. The number of benzene rings is 1. The molecule has 0 unspecified atom stereocenters. The van der Waals surface area contributed by atoms with Crippen LogP contribution in [0.15, 0.2) is 30.3 Å². The van der Waals surface area contributed by atoms with Crippen LogP contribution in [0, 0.1) is 5.92 Å². The molecule has 0 aliphatic carbocycles.